The highest BCUT2D eigenvalue weighted by Gasteiger charge is 1.99. The van der Waals surface area contributed by atoms with Crippen molar-refractivity contribution in [3.05, 3.63) is 23.7 Å². The standard InChI is InChI=1S/C10H13N3O2/c1-3-15-9(14)5-4-8-6-12-7(2)13-10(8)11/h4-6H,3H2,1-2H3,(H2,11,12,13)/b5-4+. The summed E-state index contributed by atoms with van der Waals surface area (Å²) < 4.78 is 4.72. The van der Waals surface area contributed by atoms with E-state index in [4.69, 9.17) is 10.5 Å². The Labute approximate surface area is 88.0 Å². The van der Waals surface area contributed by atoms with Gasteiger partial charge in [-0.05, 0) is 19.9 Å². The van der Waals surface area contributed by atoms with Crippen LogP contribution in [0.4, 0.5) is 5.82 Å². The van der Waals surface area contributed by atoms with Gasteiger partial charge in [0, 0.05) is 17.8 Å². The van der Waals surface area contributed by atoms with E-state index in [1.807, 2.05) is 0 Å². The summed E-state index contributed by atoms with van der Waals surface area (Å²) in [6.07, 6.45) is 4.40. The molecule has 80 valence electrons. The van der Waals surface area contributed by atoms with Crippen molar-refractivity contribution in [2.45, 2.75) is 13.8 Å². The molecule has 15 heavy (non-hydrogen) atoms. The maximum atomic E-state index is 11.0. The van der Waals surface area contributed by atoms with Gasteiger partial charge < -0.3 is 10.5 Å². The Morgan fingerprint density at radius 1 is 1.67 bits per heavy atom. The van der Waals surface area contributed by atoms with Crippen LogP contribution in [-0.4, -0.2) is 22.5 Å². The van der Waals surface area contributed by atoms with Crippen LogP contribution < -0.4 is 5.73 Å². The van der Waals surface area contributed by atoms with E-state index >= 15 is 0 Å². The highest BCUT2D eigenvalue weighted by molar-refractivity contribution is 5.87. The number of carbonyl (C=O) groups is 1. The van der Waals surface area contributed by atoms with Crippen molar-refractivity contribution >= 4 is 17.9 Å². The van der Waals surface area contributed by atoms with Crippen LogP contribution in [0.2, 0.25) is 0 Å². The predicted octanol–water partition coefficient (Wildman–Crippen LogP) is 0.944. The number of rotatable bonds is 3. The first-order chi connectivity index (χ1) is 7.13. The zero-order chi connectivity index (χ0) is 11.3. The number of nitrogen functional groups attached to an aromatic ring is 1. The van der Waals surface area contributed by atoms with Gasteiger partial charge in [0.15, 0.2) is 0 Å². The van der Waals surface area contributed by atoms with Gasteiger partial charge in [-0.2, -0.15) is 0 Å². The molecule has 0 aromatic carbocycles. The SMILES string of the molecule is CCOC(=O)/C=C/c1cnc(C)nc1N. The van der Waals surface area contributed by atoms with Gasteiger partial charge in [-0.1, -0.05) is 0 Å². The number of nitrogens with two attached hydrogens (primary N) is 1. The van der Waals surface area contributed by atoms with E-state index in [0.29, 0.717) is 23.8 Å². The second-order valence-corrected chi connectivity index (χ2v) is 2.84. The first-order valence-electron chi connectivity index (χ1n) is 4.57. The van der Waals surface area contributed by atoms with E-state index in [1.54, 1.807) is 20.0 Å². The molecule has 0 atom stereocenters. The summed E-state index contributed by atoms with van der Waals surface area (Å²) in [5.74, 6) is 0.543. The van der Waals surface area contributed by atoms with Gasteiger partial charge in [-0.25, -0.2) is 14.8 Å². The molecular weight excluding hydrogens is 194 g/mol. The topological polar surface area (TPSA) is 78.1 Å². The number of hydrogen-bond donors (Lipinski definition) is 1. The van der Waals surface area contributed by atoms with Crippen LogP contribution in [0, 0.1) is 6.92 Å². The zero-order valence-electron chi connectivity index (χ0n) is 8.73. The van der Waals surface area contributed by atoms with Gasteiger partial charge in [-0.3, -0.25) is 0 Å². The molecule has 0 aliphatic carbocycles. The molecule has 0 aliphatic heterocycles. The van der Waals surface area contributed by atoms with Crippen LogP contribution in [0.25, 0.3) is 6.08 Å². The van der Waals surface area contributed by atoms with Crippen molar-refractivity contribution in [3.63, 3.8) is 0 Å². The normalized spacial score (nSPS) is 10.5. The minimum Gasteiger partial charge on any atom is -0.463 e. The zero-order valence-corrected chi connectivity index (χ0v) is 8.73. The van der Waals surface area contributed by atoms with Gasteiger partial charge in [0.25, 0.3) is 0 Å². The van der Waals surface area contributed by atoms with E-state index in [2.05, 4.69) is 9.97 Å². The number of aromatic nitrogens is 2. The minimum atomic E-state index is -0.405. The summed E-state index contributed by atoms with van der Waals surface area (Å²) >= 11 is 0. The number of nitrogens with zero attached hydrogens (tertiary/aromatic N) is 2. The highest BCUT2D eigenvalue weighted by Crippen LogP contribution is 2.08. The fraction of sp³-hybridized carbons (Fsp3) is 0.300. The third-order valence-electron chi connectivity index (χ3n) is 1.65. The fourth-order valence-corrected chi connectivity index (χ4v) is 0.973. The van der Waals surface area contributed by atoms with E-state index in [1.165, 1.54) is 12.2 Å². The maximum absolute atomic E-state index is 11.0. The largest absolute Gasteiger partial charge is 0.463 e. The molecule has 0 saturated heterocycles. The van der Waals surface area contributed by atoms with Gasteiger partial charge in [0.05, 0.1) is 6.61 Å². The van der Waals surface area contributed by atoms with E-state index in [9.17, 15) is 4.79 Å². The molecule has 0 spiro atoms. The van der Waals surface area contributed by atoms with E-state index < -0.39 is 5.97 Å². The smallest absolute Gasteiger partial charge is 0.330 e. The first-order valence-corrected chi connectivity index (χ1v) is 4.57. The summed E-state index contributed by atoms with van der Waals surface area (Å²) in [5, 5.41) is 0. The highest BCUT2D eigenvalue weighted by atomic mass is 16.5. The molecule has 5 heteroatoms. The van der Waals surface area contributed by atoms with Gasteiger partial charge in [0.2, 0.25) is 0 Å². The van der Waals surface area contributed by atoms with Gasteiger partial charge in [-0.15, -0.1) is 0 Å². The number of ether oxygens (including phenoxy) is 1. The summed E-state index contributed by atoms with van der Waals surface area (Å²) in [6, 6.07) is 0. The molecule has 0 saturated carbocycles. The van der Waals surface area contributed by atoms with E-state index in [-0.39, 0.29) is 0 Å². The van der Waals surface area contributed by atoms with Crippen molar-refractivity contribution in [2.75, 3.05) is 12.3 Å². The van der Waals surface area contributed by atoms with Crippen molar-refractivity contribution in [2.24, 2.45) is 0 Å². The summed E-state index contributed by atoms with van der Waals surface area (Å²) in [6.45, 7) is 3.84. The number of anilines is 1. The lowest BCUT2D eigenvalue weighted by atomic mass is 10.3. The molecule has 0 bridgehead atoms. The monoisotopic (exact) mass is 207 g/mol. The van der Waals surface area contributed by atoms with Crippen LogP contribution in [0.1, 0.15) is 18.3 Å². The quantitative estimate of drug-likeness (QED) is 0.589. The van der Waals surface area contributed by atoms with Gasteiger partial charge >= 0.3 is 5.97 Å². The number of esters is 1. The lowest BCUT2D eigenvalue weighted by Crippen LogP contribution is -2.00. The van der Waals surface area contributed by atoms with Crippen molar-refractivity contribution < 1.29 is 9.53 Å². The molecule has 1 heterocycles. The molecule has 5 nitrogen and oxygen atoms in total. The third kappa shape index (κ3) is 3.38. The van der Waals surface area contributed by atoms with Crippen LogP contribution in [-0.2, 0) is 9.53 Å². The average Bonchev–Trinajstić information content (AvgIpc) is 2.17. The Bertz CT molecular complexity index is 388. The molecule has 0 unspecified atom stereocenters. The van der Waals surface area contributed by atoms with Crippen molar-refractivity contribution in [1.82, 2.24) is 9.97 Å². The Kier molecular flexibility index (Phi) is 3.79. The minimum absolute atomic E-state index is 0.350. The first kappa shape index (κ1) is 11.2. The fourth-order valence-electron chi connectivity index (χ4n) is 0.973. The molecule has 0 radical (unpaired) electrons. The van der Waals surface area contributed by atoms with Crippen LogP contribution in [0.15, 0.2) is 12.3 Å². The van der Waals surface area contributed by atoms with Crippen LogP contribution in [0.5, 0.6) is 0 Å². The summed E-state index contributed by atoms with van der Waals surface area (Å²) in [4.78, 5) is 18.9. The molecule has 0 amide bonds. The Morgan fingerprint density at radius 3 is 3.00 bits per heavy atom. The van der Waals surface area contributed by atoms with Crippen molar-refractivity contribution in [1.29, 1.82) is 0 Å². The van der Waals surface area contributed by atoms with Crippen LogP contribution in [0.3, 0.4) is 0 Å². The second kappa shape index (κ2) is 5.09. The molecule has 0 fully saturated rings. The lowest BCUT2D eigenvalue weighted by molar-refractivity contribution is -0.137. The van der Waals surface area contributed by atoms with Crippen LogP contribution >= 0.6 is 0 Å². The van der Waals surface area contributed by atoms with E-state index in [0.717, 1.165) is 0 Å². The number of aryl methyl sites for hydroxylation is 1. The molecular formula is C10H13N3O2. The predicted molar refractivity (Wildman–Crippen MR) is 56.8 cm³/mol. The summed E-state index contributed by atoms with van der Waals surface area (Å²) in [5.41, 5.74) is 6.23. The lowest BCUT2D eigenvalue weighted by Gasteiger charge is -1.99. The summed E-state index contributed by atoms with van der Waals surface area (Å²) in [7, 11) is 0. The van der Waals surface area contributed by atoms with Crippen molar-refractivity contribution in [3.8, 4) is 0 Å². The Hall–Kier alpha value is -1.91. The number of carbonyl (C=O) groups excluding carboxylic acids is 1. The average molecular weight is 207 g/mol. The third-order valence-corrected chi connectivity index (χ3v) is 1.65. The molecule has 0 aliphatic rings. The number of hydrogen-bond acceptors (Lipinski definition) is 5. The Morgan fingerprint density at radius 2 is 2.40 bits per heavy atom. The molecule has 1 aromatic heterocycles. The maximum Gasteiger partial charge on any atom is 0.330 e. The second-order valence-electron chi connectivity index (χ2n) is 2.84. The Balaban J connectivity index is 2.76. The van der Waals surface area contributed by atoms with Gasteiger partial charge in [0.1, 0.15) is 11.6 Å². The molecule has 1 rings (SSSR count). The molecule has 1 aromatic rings. The molecule has 2 N–H and O–H groups in total.